The minimum atomic E-state index is -0.898. The van der Waals surface area contributed by atoms with E-state index < -0.39 is 22.7 Å². The van der Waals surface area contributed by atoms with Gasteiger partial charge in [-0.2, -0.15) is 0 Å². The standard InChI is InChI=1S/C22H20F3N3O2S/c1-13(20(29)18-9-8-16(24)11-19(18)25)31-22-27-26-21(14-4-6-15(23)7-5-14)28(22)12-17-3-2-10-30-17/h4-9,11,13,17H,2-3,10,12H2,1H3. The van der Waals surface area contributed by atoms with Crippen molar-refractivity contribution < 1.29 is 22.7 Å². The third-order valence-corrected chi connectivity index (χ3v) is 6.16. The van der Waals surface area contributed by atoms with Crippen molar-refractivity contribution in [3.05, 3.63) is 65.5 Å². The predicted molar refractivity (Wildman–Crippen MR) is 110 cm³/mol. The fourth-order valence-corrected chi connectivity index (χ4v) is 4.39. The molecule has 0 amide bonds. The van der Waals surface area contributed by atoms with Crippen molar-refractivity contribution in [1.82, 2.24) is 14.8 Å². The van der Waals surface area contributed by atoms with E-state index in [-0.39, 0.29) is 17.5 Å². The summed E-state index contributed by atoms with van der Waals surface area (Å²) in [4.78, 5) is 12.7. The topological polar surface area (TPSA) is 57.0 Å². The quantitative estimate of drug-likeness (QED) is 0.381. The molecule has 9 heteroatoms. The SMILES string of the molecule is CC(Sc1nnc(-c2ccc(F)cc2)n1CC1CCCO1)C(=O)c1ccc(F)cc1F. The number of carbonyl (C=O) groups excluding carboxylic acids is 1. The van der Waals surface area contributed by atoms with Crippen LogP contribution >= 0.6 is 11.8 Å². The van der Waals surface area contributed by atoms with Gasteiger partial charge in [-0.05, 0) is 56.2 Å². The Morgan fingerprint density at radius 2 is 1.90 bits per heavy atom. The number of benzene rings is 2. The molecular formula is C22H20F3N3O2S. The van der Waals surface area contributed by atoms with Gasteiger partial charge in [-0.1, -0.05) is 11.8 Å². The first-order valence-electron chi connectivity index (χ1n) is 9.89. The lowest BCUT2D eigenvalue weighted by Crippen LogP contribution is -2.19. The molecule has 0 saturated carbocycles. The Morgan fingerprint density at radius 3 is 2.58 bits per heavy atom. The molecule has 2 heterocycles. The van der Waals surface area contributed by atoms with Crippen LogP contribution in [0.25, 0.3) is 11.4 Å². The van der Waals surface area contributed by atoms with Gasteiger partial charge in [0.05, 0.1) is 23.5 Å². The Kier molecular flexibility index (Phi) is 6.43. The number of hydrogen-bond donors (Lipinski definition) is 0. The third-order valence-electron chi connectivity index (χ3n) is 5.08. The Bertz CT molecular complexity index is 1080. The molecule has 3 aromatic rings. The Morgan fingerprint density at radius 1 is 1.16 bits per heavy atom. The zero-order valence-electron chi connectivity index (χ0n) is 16.7. The lowest BCUT2D eigenvalue weighted by atomic mass is 10.1. The van der Waals surface area contributed by atoms with Crippen LogP contribution in [0.3, 0.4) is 0 Å². The van der Waals surface area contributed by atoms with Crippen LogP contribution in [0.5, 0.6) is 0 Å². The van der Waals surface area contributed by atoms with E-state index in [9.17, 15) is 18.0 Å². The molecule has 1 fully saturated rings. The van der Waals surface area contributed by atoms with E-state index in [2.05, 4.69) is 10.2 Å². The molecule has 0 aliphatic carbocycles. The van der Waals surface area contributed by atoms with Gasteiger partial charge in [0.2, 0.25) is 0 Å². The monoisotopic (exact) mass is 447 g/mol. The number of hydrogen-bond acceptors (Lipinski definition) is 5. The Labute approximate surface area is 181 Å². The molecule has 1 aromatic heterocycles. The normalized spacial score (nSPS) is 17.1. The summed E-state index contributed by atoms with van der Waals surface area (Å²) >= 11 is 1.14. The average Bonchev–Trinajstić information content (AvgIpc) is 3.39. The highest BCUT2D eigenvalue weighted by atomic mass is 32.2. The summed E-state index contributed by atoms with van der Waals surface area (Å²) in [5, 5.41) is 8.27. The van der Waals surface area contributed by atoms with E-state index in [1.54, 1.807) is 19.1 Å². The first-order chi connectivity index (χ1) is 14.9. The van der Waals surface area contributed by atoms with Crippen LogP contribution in [0, 0.1) is 17.5 Å². The first-order valence-corrected chi connectivity index (χ1v) is 10.8. The maximum atomic E-state index is 14.1. The number of ketones is 1. The van der Waals surface area contributed by atoms with Crippen molar-refractivity contribution in [3.8, 4) is 11.4 Å². The molecule has 2 unspecified atom stereocenters. The van der Waals surface area contributed by atoms with E-state index in [1.165, 1.54) is 12.1 Å². The number of halogens is 3. The average molecular weight is 447 g/mol. The van der Waals surface area contributed by atoms with Crippen LogP contribution in [0.4, 0.5) is 13.2 Å². The van der Waals surface area contributed by atoms with Crippen LogP contribution in [0.1, 0.15) is 30.1 Å². The van der Waals surface area contributed by atoms with Crippen molar-refractivity contribution in [1.29, 1.82) is 0 Å². The summed E-state index contributed by atoms with van der Waals surface area (Å²) in [6.07, 6.45) is 1.83. The lowest BCUT2D eigenvalue weighted by Gasteiger charge is -2.16. The number of Topliss-reactive ketones (excluding diaryl/α,β-unsaturated/α-hetero) is 1. The second-order valence-corrected chi connectivity index (χ2v) is 8.62. The molecule has 2 atom stereocenters. The van der Waals surface area contributed by atoms with E-state index in [1.807, 2.05) is 4.57 Å². The molecule has 0 spiro atoms. The Balaban J connectivity index is 1.62. The van der Waals surface area contributed by atoms with Gasteiger partial charge in [0, 0.05) is 18.2 Å². The number of nitrogens with zero attached hydrogens (tertiary/aromatic N) is 3. The van der Waals surface area contributed by atoms with Crippen LogP contribution in [-0.4, -0.2) is 38.5 Å². The second-order valence-electron chi connectivity index (χ2n) is 7.31. The summed E-state index contributed by atoms with van der Waals surface area (Å²) < 4.78 is 48.2. The van der Waals surface area contributed by atoms with Crippen LogP contribution in [0.2, 0.25) is 0 Å². The number of rotatable bonds is 7. The van der Waals surface area contributed by atoms with Crippen molar-refractivity contribution in [2.75, 3.05) is 6.61 Å². The largest absolute Gasteiger partial charge is 0.376 e. The second kappa shape index (κ2) is 9.23. The van der Waals surface area contributed by atoms with Crippen LogP contribution in [0.15, 0.2) is 47.6 Å². The lowest BCUT2D eigenvalue weighted by molar-refractivity contribution is 0.0953. The molecule has 0 N–H and O–H groups in total. The third kappa shape index (κ3) is 4.83. The van der Waals surface area contributed by atoms with Crippen molar-refractivity contribution >= 4 is 17.5 Å². The van der Waals surface area contributed by atoms with Crippen LogP contribution in [-0.2, 0) is 11.3 Å². The smallest absolute Gasteiger partial charge is 0.192 e. The summed E-state index contributed by atoms with van der Waals surface area (Å²) in [5.41, 5.74) is 0.507. The summed E-state index contributed by atoms with van der Waals surface area (Å²) in [6.45, 7) is 2.80. The van der Waals surface area contributed by atoms with Crippen molar-refractivity contribution in [3.63, 3.8) is 0 Å². The molecule has 5 nitrogen and oxygen atoms in total. The fourth-order valence-electron chi connectivity index (χ4n) is 3.46. The molecule has 1 saturated heterocycles. The van der Waals surface area contributed by atoms with E-state index in [0.717, 1.165) is 36.7 Å². The molecule has 0 bridgehead atoms. The van der Waals surface area contributed by atoms with Gasteiger partial charge in [0.1, 0.15) is 17.5 Å². The number of aromatic nitrogens is 3. The van der Waals surface area contributed by atoms with Gasteiger partial charge in [0.25, 0.3) is 0 Å². The van der Waals surface area contributed by atoms with E-state index in [4.69, 9.17) is 4.74 Å². The summed E-state index contributed by atoms with van der Waals surface area (Å²) in [6, 6.07) is 8.81. The zero-order valence-corrected chi connectivity index (χ0v) is 17.5. The molecule has 2 aromatic carbocycles. The molecule has 4 rings (SSSR count). The highest BCUT2D eigenvalue weighted by Gasteiger charge is 2.26. The van der Waals surface area contributed by atoms with Gasteiger partial charge in [0.15, 0.2) is 16.8 Å². The van der Waals surface area contributed by atoms with Gasteiger partial charge in [-0.15, -0.1) is 10.2 Å². The molecular weight excluding hydrogens is 427 g/mol. The molecule has 1 aliphatic heterocycles. The van der Waals surface area contributed by atoms with Gasteiger partial charge in [-0.3, -0.25) is 9.36 Å². The van der Waals surface area contributed by atoms with E-state index in [0.29, 0.717) is 35.8 Å². The first kappa shape index (κ1) is 21.6. The minimum Gasteiger partial charge on any atom is -0.376 e. The number of ether oxygens (including phenoxy) is 1. The van der Waals surface area contributed by atoms with Crippen molar-refractivity contribution in [2.24, 2.45) is 0 Å². The van der Waals surface area contributed by atoms with Gasteiger partial charge in [-0.25, -0.2) is 13.2 Å². The van der Waals surface area contributed by atoms with Gasteiger partial charge < -0.3 is 4.74 Å². The number of thioether (sulfide) groups is 1. The van der Waals surface area contributed by atoms with Gasteiger partial charge >= 0.3 is 0 Å². The minimum absolute atomic E-state index is 0.0184. The molecule has 162 valence electrons. The zero-order chi connectivity index (χ0) is 22.0. The Hall–Kier alpha value is -2.65. The maximum Gasteiger partial charge on any atom is 0.192 e. The molecule has 0 radical (unpaired) electrons. The number of carbonyl (C=O) groups is 1. The fraction of sp³-hybridized carbons (Fsp3) is 0.318. The van der Waals surface area contributed by atoms with E-state index >= 15 is 0 Å². The highest BCUT2D eigenvalue weighted by Crippen LogP contribution is 2.30. The summed E-state index contributed by atoms with van der Waals surface area (Å²) in [7, 11) is 0. The molecule has 1 aliphatic rings. The predicted octanol–water partition coefficient (Wildman–Crippen LogP) is 4.90. The molecule has 31 heavy (non-hydrogen) atoms. The van der Waals surface area contributed by atoms with Crippen LogP contribution < -0.4 is 0 Å². The summed E-state index contributed by atoms with van der Waals surface area (Å²) in [5.74, 6) is -1.94. The van der Waals surface area contributed by atoms with Crippen molar-refractivity contribution in [2.45, 2.75) is 42.8 Å². The highest BCUT2D eigenvalue weighted by molar-refractivity contribution is 8.00. The maximum absolute atomic E-state index is 14.1.